The fraction of sp³-hybridized carbons (Fsp3) is 0.400. The van der Waals surface area contributed by atoms with Crippen LogP contribution >= 0.6 is 0 Å². The average molecular weight is 302 g/mol. The zero-order valence-electron chi connectivity index (χ0n) is 11.8. The molecule has 2 aromatic heterocycles. The van der Waals surface area contributed by atoms with Crippen LogP contribution in [0.4, 0.5) is 4.39 Å². The van der Waals surface area contributed by atoms with Gasteiger partial charge in [-0.2, -0.15) is 0 Å². The smallest absolute Gasteiger partial charge is 0.307 e. The molecule has 2 bridgehead atoms. The van der Waals surface area contributed by atoms with Crippen LogP contribution < -0.4 is 10.6 Å². The van der Waals surface area contributed by atoms with Gasteiger partial charge in [0.2, 0.25) is 0 Å². The molecule has 2 aliphatic rings. The zero-order valence-corrected chi connectivity index (χ0v) is 11.8. The molecule has 0 spiro atoms. The molecule has 0 saturated carbocycles. The molecule has 4 heterocycles. The number of nitrogens with one attached hydrogen (secondary N) is 2. The van der Waals surface area contributed by atoms with Gasteiger partial charge in [0.05, 0.1) is 6.20 Å². The third-order valence-corrected chi connectivity index (χ3v) is 4.31. The summed E-state index contributed by atoms with van der Waals surface area (Å²) in [6.45, 7) is 0. The first-order chi connectivity index (χ1) is 10.7. The van der Waals surface area contributed by atoms with Crippen LogP contribution in [0.25, 0.3) is 11.5 Å². The van der Waals surface area contributed by atoms with E-state index in [1.54, 1.807) is 0 Å². The minimum atomic E-state index is -0.511. The number of amides is 1. The number of aromatic nitrogens is 2. The minimum Gasteiger partial charge on any atom is -0.431 e. The maximum absolute atomic E-state index is 13.7. The van der Waals surface area contributed by atoms with Crippen LogP contribution in [-0.4, -0.2) is 34.0 Å². The maximum Gasteiger partial charge on any atom is 0.307 e. The highest BCUT2D eigenvalue weighted by atomic mass is 19.1. The molecule has 0 aromatic carbocycles. The SMILES string of the molecule is O=C(N[C@@H]1C[C@H]2CC[C@@H]1N2)c1ncc(-c2ncccc2F)o1. The first-order valence-electron chi connectivity index (χ1n) is 7.34. The monoisotopic (exact) mass is 302 g/mol. The molecule has 0 radical (unpaired) electrons. The lowest BCUT2D eigenvalue weighted by atomic mass is 9.95. The first-order valence-corrected chi connectivity index (χ1v) is 7.34. The number of carbonyl (C=O) groups is 1. The molecule has 0 unspecified atom stereocenters. The van der Waals surface area contributed by atoms with Crippen molar-refractivity contribution in [1.29, 1.82) is 0 Å². The van der Waals surface area contributed by atoms with Gasteiger partial charge >= 0.3 is 5.91 Å². The molecular formula is C15H15FN4O2. The molecule has 7 heteroatoms. The Bertz CT molecular complexity index is 717. The molecule has 2 N–H and O–H groups in total. The summed E-state index contributed by atoms with van der Waals surface area (Å²) in [5.74, 6) is -0.804. The molecule has 114 valence electrons. The molecule has 3 atom stereocenters. The molecular weight excluding hydrogens is 287 g/mol. The fourth-order valence-electron chi connectivity index (χ4n) is 3.27. The number of hydrogen-bond donors (Lipinski definition) is 2. The molecule has 22 heavy (non-hydrogen) atoms. The third kappa shape index (κ3) is 2.27. The number of hydrogen-bond acceptors (Lipinski definition) is 5. The summed E-state index contributed by atoms with van der Waals surface area (Å²) in [6.07, 6.45) is 5.95. The van der Waals surface area contributed by atoms with Crippen molar-refractivity contribution in [3.05, 3.63) is 36.2 Å². The van der Waals surface area contributed by atoms with Gasteiger partial charge in [-0.05, 0) is 31.4 Å². The van der Waals surface area contributed by atoms with Gasteiger partial charge < -0.3 is 15.1 Å². The Morgan fingerprint density at radius 3 is 3.05 bits per heavy atom. The Hall–Kier alpha value is -2.28. The average Bonchev–Trinajstić information content (AvgIpc) is 3.24. The summed E-state index contributed by atoms with van der Waals surface area (Å²) in [6, 6.07) is 3.71. The Kier molecular flexibility index (Phi) is 3.15. The van der Waals surface area contributed by atoms with Crippen LogP contribution in [0.3, 0.4) is 0 Å². The van der Waals surface area contributed by atoms with Crippen molar-refractivity contribution in [3.8, 4) is 11.5 Å². The summed E-state index contributed by atoms with van der Waals surface area (Å²) in [5, 5.41) is 6.38. The number of halogens is 1. The highest BCUT2D eigenvalue weighted by molar-refractivity contribution is 5.90. The maximum atomic E-state index is 13.7. The van der Waals surface area contributed by atoms with E-state index in [1.807, 2.05) is 0 Å². The van der Waals surface area contributed by atoms with Crippen LogP contribution in [0.1, 0.15) is 29.9 Å². The first kappa shape index (κ1) is 13.4. The van der Waals surface area contributed by atoms with E-state index in [0.717, 1.165) is 12.8 Å². The highest BCUT2D eigenvalue weighted by Crippen LogP contribution is 2.28. The van der Waals surface area contributed by atoms with Crippen molar-refractivity contribution in [2.45, 2.75) is 37.4 Å². The summed E-state index contributed by atoms with van der Waals surface area (Å²) in [7, 11) is 0. The Morgan fingerprint density at radius 2 is 2.32 bits per heavy atom. The summed E-state index contributed by atoms with van der Waals surface area (Å²) in [4.78, 5) is 20.0. The van der Waals surface area contributed by atoms with Crippen LogP contribution in [0, 0.1) is 5.82 Å². The van der Waals surface area contributed by atoms with Crippen LogP contribution in [-0.2, 0) is 0 Å². The van der Waals surface area contributed by atoms with Crippen molar-refractivity contribution in [3.63, 3.8) is 0 Å². The highest BCUT2D eigenvalue weighted by Gasteiger charge is 2.40. The van der Waals surface area contributed by atoms with E-state index in [0.29, 0.717) is 12.1 Å². The molecule has 2 aromatic rings. The summed E-state index contributed by atoms with van der Waals surface area (Å²) >= 11 is 0. The molecule has 1 amide bonds. The zero-order chi connectivity index (χ0) is 15.1. The molecule has 2 aliphatic heterocycles. The Morgan fingerprint density at radius 1 is 1.41 bits per heavy atom. The summed E-state index contributed by atoms with van der Waals surface area (Å²) in [5.41, 5.74) is 0.0515. The lowest BCUT2D eigenvalue weighted by molar-refractivity contribution is 0.0896. The molecule has 2 saturated heterocycles. The normalized spacial score (nSPS) is 26.3. The number of nitrogens with zero attached hydrogens (tertiary/aromatic N) is 2. The van der Waals surface area contributed by atoms with Gasteiger partial charge in [0.15, 0.2) is 11.6 Å². The Balaban J connectivity index is 1.49. The van der Waals surface area contributed by atoms with Gasteiger partial charge in [-0.25, -0.2) is 14.4 Å². The van der Waals surface area contributed by atoms with Gasteiger partial charge in [0.1, 0.15) is 5.69 Å². The second-order valence-corrected chi connectivity index (χ2v) is 5.73. The lowest BCUT2D eigenvalue weighted by Crippen LogP contribution is -2.43. The van der Waals surface area contributed by atoms with Crippen molar-refractivity contribution in [2.24, 2.45) is 0 Å². The van der Waals surface area contributed by atoms with Gasteiger partial charge in [-0.15, -0.1) is 0 Å². The van der Waals surface area contributed by atoms with E-state index in [4.69, 9.17) is 4.42 Å². The molecule has 4 rings (SSSR count). The third-order valence-electron chi connectivity index (χ3n) is 4.31. The van der Waals surface area contributed by atoms with Gasteiger partial charge in [-0.1, -0.05) is 0 Å². The van der Waals surface area contributed by atoms with Gasteiger partial charge in [-0.3, -0.25) is 4.79 Å². The van der Waals surface area contributed by atoms with Crippen molar-refractivity contribution < 1.29 is 13.6 Å². The topological polar surface area (TPSA) is 80.0 Å². The van der Waals surface area contributed by atoms with Crippen molar-refractivity contribution in [1.82, 2.24) is 20.6 Å². The van der Waals surface area contributed by atoms with Crippen molar-refractivity contribution in [2.75, 3.05) is 0 Å². The molecule has 6 nitrogen and oxygen atoms in total. The lowest BCUT2D eigenvalue weighted by Gasteiger charge is -2.20. The summed E-state index contributed by atoms with van der Waals surface area (Å²) < 4.78 is 19.0. The van der Waals surface area contributed by atoms with Gasteiger partial charge in [0.25, 0.3) is 5.89 Å². The van der Waals surface area contributed by atoms with E-state index in [-0.39, 0.29) is 29.3 Å². The Labute approximate surface area is 126 Å². The minimum absolute atomic E-state index is 0.0515. The second-order valence-electron chi connectivity index (χ2n) is 5.73. The van der Waals surface area contributed by atoms with E-state index < -0.39 is 5.82 Å². The quantitative estimate of drug-likeness (QED) is 0.898. The van der Waals surface area contributed by atoms with E-state index in [2.05, 4.69) is 20.6 Å². The van der Waals surface area contributed by atoms with E-state index in [1.165, 1.54) is 30.9 Å². The second kappa shape index (κ2) is 5.17. The van der Waals surface area contributed by atoms with E-state index in [9.17, 15) is 9.18 Å². The fourth-order valence-corrected chi connectivity index (χ4v) is 3.27. The standard InChI is InChI=1S/C15H15FN4O2/c16-9-2-1-5-17-13(9)12-7-18-15(22-12)14(21)20-11-6-8-3-4-10(11)19-8/h1-2,5,7-8,10-11,19H,3-4,6H2,(H,20,21)/t8-,10+,11-/m1/s1. The number of pyridine rings is 1. The van der Waals surface area contributed by atoms with Crippen LogP contribution in [0.15, 0.2) is 28.9 Å². The van der Waals surface area contributed by atoms with Crippen LogP contribution in [0.2, 0.25) is 0 Å². The number of fused-ring (bicyclic) bond motifs is 2. The van der Waals surface area contributed by atoms with Crippen LogP contribution in [0.5, 0.6) is 0 Å². The largest absolute Gasteiger partial charge is 0.431 e. The van der Waals surface area contributed by atoms with E-state index >= 15 is 0 Å². The predicted molar refractivity (Wildman–Crippen MR) is 75.5 cm³/mol. The predicted octanol–water partition coefficient (Wildman–Crippen LogP) is 1.50. The number of rotatable bonds is 3. The van der Waals surface area contributed by atoms with Crippen molar-refractivity contribution >= 4 is 5.91 Å². The molecule has 0 aliphatic carbocycles. The number of carbonyl (C=O) groups excluding carboxylic acids is 1. The van der Waals surface area contributed by atoms with Gasteiger partial charge in [0, 0.05) is 24.3 Å². The number of oxazole rings is 1. The molecule has 2 fully saturated rings.